The molecule has 5 heteroatoms. The highest BCUT2D eigenvalue weighted by Crippen LogP contribution is 2.20. The van der Waals surface area contributed by atoms with Gasteiger partial charge < -0.3 is 0 Å². The van der Waals surface area contributed by atoms with Gasteiger partial charge in [-0.1, -0.05) is 0 Å². The van der Waals surface area contributed by atoms with Crippen molar-refractivity contribution in [1.82, 2.24) is 9.78 Å². The minimum Gasteiger partial charge on any atom is -0.178 e. The van der Waals surface area contributed by atoms with Gasteiger partial charge in [0.15, 0.2) is 0 Å². The molecule has 1 aromatic heterocycles. The molecule has 0 amide bonds. The van der Waals surface area contributed by atoms with Crippen molar-refractivity contribution in [3.63, 3.8) is 0 Å². The summed E-state index contributed by atoms with van der Waals surface area (Å²) in [6.45, 7) is 1.45. The predicted octanol–water partition coefficient (Wildman–Crippen LogP) is 1.47. The van der Waals surface area contributed by atoms with Crippen LogP contribution in [0.5, 0.6) is 0 Å². The maximum absolute atomic E-state index is 11.7. The van der Waals surface area contributed by atoms with Crippen molar-refractivity contribution in [3.8, 4) is 0 Å². The second-order valence-corrected chi connectivity index (χ2v) is 1.77. The van der Waals surface area contributed by atoms with Crippen molar-refractivity contribution in [2.75, 3.05) is 0 Å². The van der Waals surface area contributed by atoms with Crippen molar-refractivity contribution >= 4 is 0 Å². The van der Waals surface area contributed by atoms with Crippen LogP contribution in [-0.4, -0.2) is 9.78 Å². The van der Waals surface area contributed by atoms with Gasteiger partial charge in [0.25, 0.3) is 0 Å². The first kappa shape index (κ1) is 7.11. The lowest BCUT2D eigenvalue weighted by molar-refractivity contribution is -0.212. The van der Waals surface area contributed by atoms with Gasteiger partial charge in [-0.25, -0.2) is 0 Å². The molecule has 1 rings (SSSR count). The highest BCUT2D eigenvalue weighted by molar-refractivity contribution is 4.92. The van der Waals surface area contributed by atoms with E-state index >= 15 is 0 Å². The lowest BCUT2D eigenvalue weighted by Gasteiger charge is -2.03. The Bertz CT molecular complexity index is 225. The van der Waals surface area contributed by atoms with E-state index in [9.17, 15) is 13.2 Å². The highest BCUT2D eigenvalue weighted by atomic mass is 19.4. The van der Waals surface area contributed by atoms with Gasteiger partial charge >= 0.3 is 6.30 Å². The van der Waals surface area contributed by atoms with Crippen LogP contribution >= 0.6 is 0 Å². The summed E-state index contributed by atoms with van der Waals surface area (Å²) >= 11 is 0. The number of hydrogen-bond acceptors (Lipinski definition) is 1. The molecule has 0 spiro atoms. The summed E-state index contributed by atoms with van der Waals surface area (Å²) in [6, 6.07) is 2.31. The molecule has 0 saturated carbocycles. The molecule has 0 aliphatic carbocycles. The van der Waals surface area contributed by atoms with Gasteiger partial charge in [0.1, 0.15) is 0 Å². The first-order chi connectivity index (χ1) is 4.50. The average Bonchev–Trinajstić information content (AvgIpc) is 2.11. The molecule has 2 nitrogen and oxygen atoms in total. The zero-order chi connectivity index (χ0) is 7.78. The normalized spacial score (nSPS) is 12.0. The number of alkyl halides is 3. The fourth-order valence-electron chi connectivity index (χ4n) is 0.504. The summed E-state index contributed by atoms with van der Waals surface area (Å²) in [5.41, 5.74) is 0.234. The summed E-state index contributed by atoms with van der Waals surface area (Å²) < 4.78 is 35.0. The molecule has 0 unspecified atom stereocenters. The van der Waals surface area contributed by atoms with E-state index in [2.05, 4.69) is 11.2 Å². The first-order valence-corrected chi connectivity index (χ1v) is 2.51. The van der Waals surface area contributed by atoms with Crippen LogP contribution in [0.25, 0.3) is 0 Å². The second kappa shape index (κ2) is 2.00. The van der Waals surface area contributed by atoms with Crippen LogP contribution in [0, 0.1) is 13.0 Å². The molecule has 0 fully saturated rings. The van der Waals surface area contributed by atoms with Gasteiger partial charge in [-0.05, 0) is 6.92 Å². The summed E-state index contributed by atoms with van der Waals surface area (Å²) in [5.74, 6) is 0. The third-order valence-corrected chi connectivity index (χ3v) is 0.913. The summed E-state index contributed by atoms with van der Waals surface area (Å²) in [5, 5.41) is 3.12. The zero-order valence-electron chi connectivity index (χ0n) is 5.11. The van der Waals surface area contributed by atoms with Crippen LogP contribution in [-0.2, 0) is 6.30 Å². The minimum absolute atomic E-state index is 0.0810. The summed E-state index contributed by atoms with van der Waals surface area (Å²) in [7, 11) is 0. The van der Waals surface area contributed by atoms with E-state index in [4.69, 9.17) is 0 Å². The molecule has 0 aliphatic heterocycles. The van der Waals surface area contributed by atoms with E-state index in [1.807, 2.05) is 0 Å². The number of rotatable bonds is 0. The second-order valence-electron chi connectivity index (χ2n) is 1.77. The van der Waals surface area contributed by atoms with Crippen LogP contribution in [0.1, 0.15) is 5.69 Å². The topological polar surface area (TPSA) is 17.8 Å². The van der Waals surface area contributed by atoms with Crippen LogP contribution in [0.4, 0.5) is 13.2 Å². The minimum atomic E-state index is -4.41. The van der Waals surface area contributed by atoms with Gasteiger partial charge in [-0.3, -0.25) is 0 Å². The summed E-state index contributed by atoms with van der Waals surface area (Å²) in [4.78, 5) is 0. The van der Waals surface area contributed by atoms with Gasteiger partial charge in [-0.2, -0.15) is 9.78 Å². The Morgan fingerprint density at radius 3 is 2.40 bits per heavy atom. The van der Waals surface area contributed by atoms with Crippen LogP contribution in [0.15, 0.2) is 6.20 Å². The maximum Gasteiger partial charge on any atom is 0.504 e. The van der Waals surface area contributed by atoms with Crippen LogP contribution < -0.4 is 0 Å². The van der Waals surface area contributed by atoms with Crippen molar-refractivity contribution in [3.05, 3.63) is 18.0 Å². The number of nitrogens with zero attached hydrogens (tertiary/aromatic N) is 2. The van der Waals surface area contributed by atoms with Crippen molar-refractivity contribution < 1.29 is 13.2 Å². The molecule has 1 radical (unpaired) electrons. The average molecular weight is 149 g/mol. The van der Waals surface area contributed by atoms with Crippen LogP contribution in [0.2, 0.25) is 0 Å². The van der Waals surface area contributed by atoms with Gasteiger partial charge in [0.05, 0.1) is 5.69 Å². The van der Waals surface area contributed by atoms with Crippen molar-refractivity contribution in [2.45, 2.75) is 13.2 Å². The van der Waals surface area contributed by atoms with Crippen LogP contribution in [0.3, 0.4) is 0 Å². The Morgan fingerprint density at radius 1 is 1.60 bits per heavy atom. The molecule has 1 aromatic rings. The SMILES string of the molecule is Cc1[c]cn(C(F)(F)F)n1. The number of aromatic nitrogens is 2. The van der Waals surface area contributed by atoms with Crippen molar-refractivity contribution in [1.29, 1.82) is 0 Å². The van der Waals surface area contributed by atoms with Gasteiger partial charge in [0, 0.05) is 12.3 Å². The molecule has 0 saturated heterocycles. The lowest BCUT2D eigenvalue weighted by Crippen LogP contribution is -2.16. The molecule has 0 N–H and O–H groups in total. The van der Waals surface area contributed by atoms with E-state index in [0.29, 0.717) is 0 Å². The molecule has 0 aliphatic rings. The molecule has 0 atom stereocenters. The van der Waals surface area contributed by atoms with Gasteiger partial charge in [-0.15, -0.1) is 13.2 Å². The Balaban J connectivity index is 2.96. The monoisotopic (exact) mass is 149 g/mol. The van der Waals surface area contributed by atoms with E-state index in [1.54, 1.807) is 0 Å². The Morgan fingerprint density at radius 2 is 2.20 bits per heavy atom. The number of halogens is 3. The number of aryl methyl sites for hydroxylation is 1. The van der Waals surface area contributed by atoms with E-state index < -0.39 is 6.30 Å². The largest absolute Gasteiger partial charge is 0.504 e. The molecular weight excluding hydrogens is 145 g/mol. The van der Waals surface area contributed by atoms with E-state index in [1.165, 1.54) is 6.92 Å². The quantitative estimate of drug-likeness (QED) is 0.546. The Hall–Kier alpha value is -1.00. The van der Waals surface area contributed by atoms with Gasteiger partial charge in [0.2, 0.25) is 0 Å². The predicted molar refractivity (Wildman–Crippen MR) is 27.1 cm³/mol. The standard InChI is InChI=1S/C5H4F3N2/c1-4-2-3-10(9-4)5(6,7)8/h3H,1H3. The number of hydrogen-bond donors (Lipinski definition) is 0. The molecule has 55 valence electrons. The third kappa shape index (κ3) is 1.29. The molecule has 1 heterocycles. The Kier molecular flexibility index (Phi) is 1.42. The highest BCUT2D eigenvalue weighted by Gasteiger charge is 2.31. The van der Waals surface area contributed by atoms with E-state index in [0.717, 1.165) is 6.20 Å². The smallest absolute Gasteiger partial charge is 0.178 e. The molecule has 10 heavy (non-hydrogen) atoms. The lowest BCUT2D eigenvalue weighted by atomic mass is 10.5. The fraction of sp³-hybridized carbons (Fsp3) is 0.400. The first-order valence-electron chi connectivity index (χ1n) is 2.51. The fourth-order valence-corrected chi connectivity index (χ4v) is 0.504. The van der Waals surface area contributed by atoms with Crippen molar-refractivity contribution in [2.24, 2.45) is 0 Å². The molecule has 0 aromatic carbocycles. The zero-order valence-corrected chi connectivity index (χ0v) is 5.11. The Labute approximate surface area is 55.3 Å². The third-order valence-electron chi connectivity index (χ3n) is 0.913. The summed E-state index contributed by atoms with van der Waals surface area (Å²) in [6.07, 6.45) is -3.65. The molecular formula is C5H4F3N2. The molecule has 0 bridgehead atoms. The van der Waals surface area contributed by atoms with E-state index in [-0.39, 0.29) is 10.4 Å². The maximum atomic E-state index is 11.7.